The second-order valence-electron chi connectivity index (χ2n) is 13.3. The van der Waals surface area contributed by atoms with Crippen molar-refractivity contribution in [2.75, 3.05) is 4.90 Å². The summed E-state index contributed by atoms with van der Waals surface area (Å²) in [5.41, 5.74) is 14.5. The fourth-order valence-electron chi connectivity index (χ4n) is 7.85. The van der Waals surface area contributed by atoms with E-state index in [4.69, 9.17) is 0 Å². The Balaban J connectivity index is 0.00000194. The van der Waals surface area contributed by atoms with Gasteiger partial charge in [0.15, 0.2) is 0 Å². The molecule has 0 aromatic heterocycles. The van der Waals surface area contributed by atoms with Crippen LogP contribution in [0.2, 0.25) is 9.26 Å². The summed E-state index contributed by atoms with van der Waals surface area (Å²) in [6.07, 6.45) is 7.66. The van der Waals surface area contributed by atoms with Gasteiger partial charge in [0.2, 0.25) is 0 Å². The van der Waals surface area contributed by atoms with Gasteiger partial charge in [-0.2, -0.15) is 0 Å². The van der Waals surface area contributed by atoms with E-state index in [0.29, 0.717) is 15.6 Å². The number of benzene rings is 3. The zero-order valence-electron chi connectivity index (χ0n) is 25.4. The van der Waals surface area contributed by atoms with Crippen molar-refractivity contribution in [3.8, 4) is 11.1 Å². The average Bonchev–Trinajstić information content (AvgIpc) is 3.54. The summed E-state index contributed by atoms with van der Waals surface area (Å²) >= 11 is -3.69. The van der Waals surface area contributed by atoms with Gasteiger partial charge in [0.05, 0.1) is 0 Å². The van der Waals surface area contributed by atoms with Crippen LogP contribution >= 0.6 is 24.8 Å². The molecule has 3 aromatic carbocycles. The molecule has 1 heterocycles. The quantitative estimate of drug-likeness (QED) is 0.243. The van der Waals surface area contributed by atoms with E-state index in [1.54, 1.807) is 20.0 Å². The number of hydrogen-bond acceptors (Lipinski definition) is 1. The van der Waals surface area contributed by atoms with Crippen molar-refractivity contribution in [3.05, 3.63) is 127 Å². The van der Waals surface area contributed by atoms with Gasteiger partial charge >= 0.3 is 239 Å². The molecule has 0 N–H and O–H groups in total. The van der Waals surface area contributed by atoms with E-state index in [0.717, 1.165) is 0 Å². The summed E-state index contributed by atoms with van der Waals surface area (Å²) < 4.78 is 7.70. The molecule has 2 unspecified atom stereocenters. The summed E-state index contributed by atoms with van der Waals surface area (Å²) in [6, 6.07) is 27.0. The van der Waals surface area contributed by atoms with Crippen molar-refractivity contribution in [2.45, 2.75) is 53.5 Å². The molecule has 5 heteroatoms. The van der Waals surface area contributed by atoms with E-state index >= 15 is 0 Å². The minimum atomic E-state index is -3.69. The summed E-state index contributed by atoms with van der Waals surface area (Å²) in [7, 11) is 0. The van der Waals surface area contributed by atoms with Crippen molar-refractivity contribution < 1.29 is 17.4 Å². The minimum Gasteiger partial charge on any atom is -0.147 e. The number of nitrogens with zero attached hydrogens (tertiary/aromatic N) is 1. The zero-order chi connectivity index (χ0) is 27.7. The first-order valence-electron chi connectivity index (χ1n) is 14.5. The van der Waals surface area contributed by atoms with Crippen LogP contribution in [0.25, 0.3) is 17.2 Å². The predicted octanol–water partition coefficient (Wildman–Crippen LogP) is 9.94. The normalized spacial score (nSPS) is 19.7. The molecule has 0 fully saturated rings. The maximum Gasteiger partial charge on any atom is -0.147 e. The monoisotopic (exact) mass is 677 g/mol. The molecule has 0 saturated carbocycles. The molecule has 0 saturated heterocycles. The van der Waals surface area contributed by atoms with E-state index in [-0.39, 0.29) is 24.8 Å². The number of aryl methyl sites for hydroxylation is 1. The van der Waals surface area contributed by atoms with Gasteiger partial charge in [-0.15, -0.1) is 24.8 Å². The second-order valence-corrected chi connectivity index (χ2v) is 42.6. The Labute approximate surface area is 261 Å². The van der Waals surface area contributed by atoms with E-state index in [2.05, 4.69) is 147 Å². The summed E-state index contributed by atoms with van der Waals surface area (Å²) in [4.78, 5) is 2.56. The summed E-state index contributed by atoms with van der Waals surface area (Å²) in [6.45, 7) is 14.3. The van der Waals surface area contributed by atoms with Crippen molar-refractivity contribution in [2.24, 2.45) is 5.92 Å². The van der Waals surface area contributed by atoms with Crippen LogP contribution in [0.15, 0.2) is 111 Å². The number of para-hydroxylation sites is 1. The van der Waals surface area contributed by atoms with Crippen molar-refractivity contribution in [1.82, 2.24) is 0 Å². The smallest absolute Gasteiger partial charge is 0.147 e. The third kappa shape index (κ3) is 5.06. The molecule has 2 atom stereocenters. The Kier molecular flexibility index (Phi) is 8.83. The SMILES string of the molecule is CC1=Cc2c(-c3ccccc3)ccc(C)c2[CH]1[Zr]([CH3])([CH3])(=[SiH2])[C]1=C(C(C)C)C=C2C1=CC(C)N2c1ccccc1.Cl.Cl. The Morgan fingerprint density at radius 1 is 0.829 bits per heavy atom. The van der Waals surface area contributed by atoms with Gasteiger partial charge < -0.3 is 0 Å². The van der Waals surface area contributed by atoms with Gasteiger partial charge in [-0.3, -0.25) is 0 Å². The first-order chi connectivity index (χ1) is 18.5. The Bertz CT molecular complexity index is 1690. The molecule has 3 aromatic rings. The molecule has 214 valence electrons. The molecule has 1 aliphatic heterocycles. The molecule has 0 spiro atoms. The van der Waals surface area contributed by atoms with E-state index < -0.39 is 17.4 Å². The van der Waals surface area contributed by atoms with Gasteiger partial charge in [-0.25, -0.2) is 0 Å². The number of hydrogen-bond donors (Lipinski definition) is 0. The molecular weight excluding hydrogens is 637 g/mol. The minimum absolute atomic E-state index is 0. The van der Waals surface area contributed by atoms with Crippen LogP contribution in [0.5, 0.6) is 0 Å². The van der Waals surface area contributed by atoms with Crippen molar-refractivity contribution in [1.29, 1.82) is 0 Å². The summed E-state index contributed by atoms with van der Waals surface area (Å²) in [5.74, 6) is 0.492. The largest absolute Gasteiger partial charge is 0.147 e. The van der Waals surface area contributed by atoms with E-state index in [1.807, 2.05) is 0 Å². The molecule has 6 rings (SSSR count). The predicted molar refractivity (Wildman–Crippen MR) is 184 cm³/mol. The Morgan fingerprint density at radius 2 is 1.44 bits per heavy atom. The first kappa shape index (κ1) is 32.0. The van der Waals surface area contributed by atoms with Crippen LogP contribution in [-0.4, -0.2) is 12.9 Å². The number of halogens is 2. The van der Waals surface area contributed by atoms with E-state index in [1.165, 1.54) is 39.2 Å². The summed E-state index contributed by atoms with van der Waals surface area (Å²) in [5, 5.41) is 0. The third-order valence-corrected chi connectivity index (χ3v) is 25.6. The zero-order valence-corrected chi connectivity index (χ0v) is 30.9. The van der Waals surface area contributed by atoms with Gasteiger partial charge in [-0.05, 0) is 0 Å². The molecule has 0 bridgehead atoms. The fraction of sp³-hybridized carbons (Fsp3) is 0.278. The molecule has 3 aliphatic rings. The van der Waals surface area contributed by atoms with Crippen LogP contribution in [0.1, 0.15) is 48.0 Å². The Hall–Kier alpha value is -1.90. The average molecular weight is 680 g/mol. The first-order valence-corrected chi connectivity index (χ1v) is 27.9. The maximum absolute atomic E-state index is 3.69. The van der Waals surface area contributed by atoms with Crippen LogP contribution < -0.4 is 4.90 Å². The maximum atomic E-state index is 2.73. The molecule has 2 aliphatic carbocycles. The second kappa shape index (κ2) is 11.3. The van der Waals surface area contributed by atoms with Gasteiger partial charge in [0.1, 0.15) is 0 Å². The van der Waals surface area contributed by atoms with Gasteiger partial charge in [0.25, 0.3) is 0 Å². The standard InChI is InChI=1S/C17H18N.C17H15.2CH3.2ClH.H2Si.Zr/c1-12(2)14-10-15-9-13(3)18(17(15)11-14)16-7-5-4-6-8-16;1-12-10-16-13(2)8-9-15(17(16)11-12)14-6-4-3-5-7-14;;;;;;/h4-9,11-13H,1-3H3;3-11H,1-2H3;2*1H3;2*1H;1H2;. The van der Waals surface area contributed by atoms with Gasteiger partial charge in [0, 0.05) is 0 Å². The van der Waals surface area contributed by atoms with Crippen LogP contribution in [-0.2, 0) is 17.4 Å². The molecular formula is C36H43Cl2NSiZr. The molecule has 1 nitrogen and oxygen atoms in total. The third-order valence-electron chi connectivity index (χ3n) is 9.31. The van der Waals surface area contributed by atoms with Crippen LogP contribution in [0.4, 0.5) is 5.69 Å². The number of fused-ring (bicyclic) bond motifs is 2. The van der Waals surface area contributed by atoms with Crippen LogP contribution in [0, 0.1) is 12.8 Å². The number of rotatable bonds is 5. The number of allylic oxidation sites excluding steroid dienone is 4. The van der Waals surface area contributed by atoms with E-state index in [9.17, 15) is 0 Å². The number of anilines is 1. The topological polar surface area (TPSA) is 3.24 Å². The Morgan fingerprint density at radius 3 is 2.05 bits per heavy atom. The van der Waals surface area contributed by atoms with Crippen molar-refractivity contribution in [3.63, 3.8) is 0 Å². The fourth-order valence-corrected chi connectivity index (χ4v) is 26.9. The molecule has 0 radical (unpaired) electrons. The molecule has 0 amide bonds. The molecule has 41 heavy (non-hydrogen) atoms. The van der Waals surface area contributed by atoms with Crippen molar-refractivity contribution >= 4 is 43.5 Å². The van der Waals surface area contributed by atoms with Gasteiger partial charge in [-0.1, -0.05) is 0 Å². The van der Waals surface area contributed by atoms with Crippen LogP contribution in [0.3, 0.4) is 0 Å².